The normalized spacial score (nSPS) is 44.8. The molecule has 1 amide bonds. The Bertz CT molecular complexity index is 376. The average Bonchev–Trinajstić information content (AvgIpc) is 2.86. The Balaban J connectivity index is 1.53. The molecule has 3 heteroatoms. The number of rotatable bonds is 3. The molecule has 0 aliphatic heterocycles. The number of nitrogens with two attached hydrogens (primary N) is 1. The Hall–Kier alpha value is -0.570. The van der Waals surface area contributed by atoms with E-state index in [1.165, 1.54) is 32.1 Å². The summed E-state index contributed by atoms with van der Waals surface area (Å²) < 4.78 is 0. The minimum absolute atomic E-state index is 0.0144. The van der Waals surface area contributed by atoms with Gasteiger partial charge >= 0.3 is 0 Å². The van der Waals surface area contributed by atoms with Gasteiger partial charge in [-0.3, -0.25) is 4.79 Å². The Labute approximate surface area is 122 Å². The molecule has 0 atom stereocenters. The number of hydrogen-bond acceptors (Lipinski definition) is 2. The van der Waals surface area contributed by atoms with Crippen LogP contribution in [0.15, 0.2) is 0 Å². The quantitative estimate of drug-likeness (QED) is 0.832. The van der Waals surface area contributed by atoms with Gasteiger partial charge in [0.15, 0.2) is 0 Å². The van der Waals surface area contributed by atoms with Crippen molar-refractivity contribution in [3.8, 4) is 0 Å². The van der Waals surface area contributed by atoms with Gasteiger partial charge in [0.2, 0.25) is 5.91 Å². The van der Waals surface area contributed by atoms with Crippen LogP contribution in [0.1, 0.15) is 64.2 Å². The molecule has 5 aliphatic rings. The number of carbonyl (C=O) groups excluding carboxylic acids is 1. The van der Waals surface area contributed by atoms with Gasteiger partial charge in [-0.25, -0.2) is 0 Å². The van der Waals surface area contributed by atoms with Crippen molar-refractivity contribution < 1.29 is 4.79 Å². The highest BCUT2D eigenvalue weighted by atomic mass is 16.2. The molecule has 0 unspecified atom stereocenters. The number of carbonyl (C=O) groups is 1. The Morgan fingerprint density at radius 1 is 1.00 bits per heavy atom. The van der Waals surface area contributed by atoms with Gasteiger partial charge in [0, 0.05) is 12.0 Å². The maximum absolute atomic E-state index is 13.1. The summed E-state index contributed by atoms with van der Waals surface area (Å²) >= 11 is 0. The van der Waals surface area contributed by atoms with E-state index in [4.69, 9.17) is 5.73 Å². The van der Waals surface area contributed by atoms with E-state index >= 15 is 0 Å². The predicted octanol–water partition coefficient (Wildman–Crippen LogP) is 2.59. The monoisotopic (exact) mass is 276 g/mol. The third-order valence-corrected chi connectivity index (χ3v) is 6.85. The Morgan fingerprint density at radius 2 is 1.50 bits per heavy atom. The highest BCUT2D eigenvalue weighted by Gasteiger charge is 2.55. The number of amides is 1. The summed E-state index contributed by atoms with van der Waals surface area (Å²) in [6, 6.07) is 0. The van der Waals surface area contributed by atoms with Crippen LogP contribution >= 0.6 is 0 Å². The van der Waals surface area contributed by atoms with Crippen LogP contribution < -0.4 is 11.1 Å². The molecule has 0 heterocycles. The second-order valence-corrected chi connectivity index (χ2v) is 8.34. The molecule has 5 aliphatic carbocycles. The van der Waals surface area contributed by atoms with Crippen LogP contribution in [-0.4, -0.2) is 18.0 Å². The fraction of sp³-hybridized carbons (Fsp3) is 0.941. The van der Waals surface area contributed by atoms with E-state index in [1.54, 1.807) is 0 Å². The highest BCUT2D eigenvalue weighted by molar-refractivity contribution is 5.84. The van der Waals surface area contributed by atoms with Crippen LogP contribution in [0.4, 0.5) is 0 Å². The van der Waals surface area contributed by atoms with Crippen molar-refractivity contribution in [3.05, 3.63) is 0 Å². The van der Waals surface area contributed by atoms with Crippen LogP contribution in [0.2, 0.25) is 0 Å². The van der Waals surface area contributed by atoms with E-state index in [0.717, 1.165) is 49.9 Å². The molecule has 0 aromatic rings. The lowest BCUT2D eigenvalue weighted by Crippen LogP contribution is -2.60. The fourth-order valence-electron chi connectivity index (χ4n) is 6.19. The van der Waals surface area contributed by atoms with Gasteiger partial charge in [0.1, 0.15) is 0 Å². The first kappa shape index (κ1) is 13.1. The standard InChI is InChI=1S/C17H28N2O/c18-11-17(3-1-2-4-17)19-15(20)16-8-12-5-13(9-16)7-14(6-12)10-16/h12-14H,1-11,18H2,(H,19,20). The molecular weight excluding hydrogens is 248 g/mol. The van der Waals surface area contributed by atoms with Crippen LogP contribution in [0.3, 0.4) is 0 Å². The molecule has 0 saturated heterocycles. The smallest absolute Gasteiger partial charge is 0.226 e. The van der Waals surface area contributed by atoms with E-state index < -0.39 is 0 Å². The molecule has 0 aromatic heterocycles. The third-order valence-electron chi connectivity index (χ3n) is 6.85. The summed E-state index contributed by atoms with van der Waals surface area (Å²) in [6.07, 6.45) is 12.3. The van der Waals surface area contributed by atoms with Crippen molar-refractivity contribution in [2.24, 2.45) is 28.9 Å². The van der Waals surface area contributed by atoms with Crippen molar-refractivity contribution in [3.63, 3.8) is 0 Å². The highest BCUT2D eigenvalue weighted by Crippen LogP contribution is 2.60. The summed E-state index contributed by atoms with van der Waals surface area (Å²) in [7, 11) is 0. The Kier molecular flexibility index (Phi) is 2.93. The second kappa shape index (κ2) is 4.46. The number of nitrogens with one attached hydrogen (secondary N) is 1. The molecule has 0 aromatic carbocycles. The van der Waals surface area contributed by atoms with Crippen molar-refractivity contribution >= 4 is 5.91 Å². The zero-order valence-corrected chi connectivity index (χ0v) is 12.5. The van der Waals surface area contributed by atoms with E-state index in [1.807, 2.05) is 0 Å². The van der Waals surface area contributed by atoms with Crippen LogP contribution in [0, 0.1) is 23.2 Å². The molecule has 4 bridgehead atoms. The van der Waals surface area contributed by atoms with Gasteiger partial charge in [0.25, 0.3) is 0 Å². The van der Waals surface area contributed by atoms with E-state index in [-0.39, 0.29) is 11.0 Å². The van der Waals surface area contributed by atoms with Crippen molar-refractivity contribution in [1.82, 2.24) is 5.32 Å². The minimum atomic E-state index is -0.0690. The number of hydrogen-bond donors (Lipinski definition) is 2. The lowest BCUT2D eigenvalue weighted by atomic mass is 9.49. The van der Waals surface area contributed by atoms with Crippen molar-refractivity contribution in [2.45, 2.75) is 69.7 Å². The van der Waals surface area contributed by atoms with Gasteiger partial charge in [-0.05, 0) is 69.1 Å². The van der Waals surface area contributed by atoms with E-state index in [0.29, 0.717) is 12.5 Å². The topological polar surface area (TPSA) is 55.1 Å². The molecule has 0 spiro atoms. The summed E-state index contributed by atoms with van der Waals surface area (Å²) in [6.45, 7) is 0.616. The lowest BCUT2D eigenvalue weighted by molar-refractivity contribution is -0.148. The fourth-order valence-corrected chi connectivity index (χ4v) is 6.19. The Morgan fingerprint density at radius 3 is 1.95 bits per heavy atom. The van der Waals surface area contributed by atoms with Crippen LogP contribution in [0.5, 0.6) is 0 Å². The summed E-state index contributed by atoms with van der Waals surface area (Å²) in [5.74, 6) is 2.88. The van der Waals surface area contributed by atoms with Gasteiger partial charge in [-0.15, -0.1) is 0 Å². The molecule has 0 radical (unpaired) electrons. The molecular formula is C17H28N2O. The molecule has 5 saturated carbocycles. The van der Waals surface area contributed by atoms with Gasteiger partial charge < -0.3 is 11.1 Å². The van der Waals surface area contributed by atoms with Gasteiger partial charge in [0.05, 0.1) is 5.54 Å². The van der Waals surface area contributed by atoms with Crippen molar-refractivity contribution in [2.75, 3.05) is 6.54 Å². The summed E-state index contributed by atoms with van der Waals surface area (Å²) in [5.41, 5.74) is 5.91. The molecule has 3 nitrogen and oxygen atoms in total. The van der Waals surface area contributed by atoms with Crippen LogP contribution in [-0.2, 0) is 4.79 Å². The maximum Gasteiger partial charge on any atom is 0.226 e. The predicted molar refractivity (Wildman–Crippen MR) is 79.0 cm³/mol. The second-order valence-electron chi connectivity index (χ2n) is 8.34. The average molecular weight is 276 g/mol. The molecule has 3 N–H and O–H groups in total. The summed E-state index contributed by atoms with van der Waals surface area (Å²) in [5, 5.41) is 3.44. The van der Waals surface area contributed by atoms with Gasteiger partial charge in [-0.1, -0.05) is 12.8 Å². The molecule has 5 rings (SSSR count). The maximum atomic E-state index is 13.1. The third kappa shape index (κ3) is 1.93. The van der Waals surface area contributed by atoms with E-state index in [2.05, 4.69) is 5.32 Å². The summed E-state index contributed by atoms with van der Waals surface area (Å²) in [4.78, 5) is 13.1. The van der Waals surface area contributed by atoms with Crippen molar-refractivity contribution in [1.29, 1.82) is 0 Å². The zero-order chi connectivity index (χ0) is 13.8. The molecule has 112 valence electrons. The largest absolute Gasteiger partial charge is 0.349 e. The first-order valence-electron chi connectivity index (χ1n) is 8.66. The van der Waals surface area contributed by atoms with Crippen LogP contribution in [0.25, 0.3) is 0 Å². The SMILES string of the molecule is NCC1(NC(=O)C23CC4CC(CC(C4)C2)C3)CCCC1. The van der Waals surface area contributed by atoms with Gasteiger partial charge in [-0.2, -0.15) is 0 Å². The molecule has 20 heavy (non-hydrogen) atoms. The first-order valence-corrected chi connectivity index (χ1v) is 8.66. The first-order chi connectivity index (χ1) is 9.63. The molecule has 5 fully saturated rings. The lowest BCUT2D eigenvalue weighted by Gasteiger charge is -2.56. The van der Waals surface area contributed by atoms with E-state index in [9.17, 15) is 4.79 Å². The minimum Gasteiger partial charge on any atom is -0.349 e. The zero-order valence-electron chi connectivity index (χ0n) is 12.5.